The van der Waals surface area contributed by atoms with Gasteiger partial charge in [0.1, 0.15) is 0 Å². The number of benzene rings is 1. The van der Waals surface area contributed by atoms with Crippen molar-refractivity contribution in [1.82, 2.24) is 9.78 Å². The van der Waals surface area contributed by atoms with E-state index in [0.717, 1.165) is 46.4 Å². The maximum atomic E-state index is 6.46. The SMILES string of the molecule is CC\C=C/C(=C\C1(N)CCC1)C(/C)=N/c1c(Br)cnn1/C=C/c1ccccc1. The molecule has 0 unspecified atom stereocenters. The Hall–Kier alpha value is -2.24. The maximum Gasteiger partial charge on any atom is 0.169 e. The van der Waals surface area contributed by atoms with Gasteiger partial charge in [-0.3, -0.25) is 0 Å². The maximum absolute atomic E-state index is 6.46. The lowest BCUT2D eigenvalue weighted by Crippen LogP contribution is -2.44. The summed E-state index contributed by atoms with van der Waals surface area (Å²) in [6.45, 7) is 4.15. The highest BCUT2D eigenvalue weighted by molar-refractivity contribution is 9.10. The van der Waals surface area contributed by atoms with Crippen LogP contribution in [0.2, 0.25) is 0 Å². The van der Waals surface area contributed by atoms with Crippen molar-refractivity contribution in [3.63, 3.8) is 0 Å². The van der Waals surface area contributed by atoms with Crippen LogP contribution in [0.1, 0.15) is 45.1 Å². The predicted octanol–water partition coefficient (Wildman–Crippen LogP) is 6.14. The van der Waals surface area contributed by atoms with Crippen LogP contribution in [0.25, 0.3) is 12.3 Å². The van der Waals surface area contributed by atoms with E-state index in [1.165, 1.54) is 6.42 Å². The molecule has 0 aliphatic heterocycles. The summed E-state index contributed by atoms with van der Waals surface area (Å²) in [5, 5.41) is 4.42. The van der Waals surface area contributed by atoms with Crippen LogP contribution in [0.3, 0.4) is 0 Å². The minimum Gasteiger partial charge on any atom is -0.322 e. The summed E-state index contributed by atoms with van der Waals surface area (Å²) in [5.41, 5.74) is 9.38. The van der Waals surface area contributed by atoms with Crippen LogP contribution in [0.5, 0.6) is 0 Å². The molecule has 3 rings (SSSR count). The van der Waals surface area contributed by atoms with Crippen molar-refractivity contribution in [1.29, 1.82) is 0 Å². The Kier molecular flexibility index (Phi) is 6.81. The molecule has 28 heavy (non-hydrogen) atoms. The molecule has 1 aliphatic rings. The van der Waals surface area contributed by atoms with Gasteiger partial charge >= 0.3 is 0 Å². The van der Waals surface area contributed by atoms with Crippen molar-refractivity contribution >= 4 is 39.7 Å². The van der Waals surface area contributed by atoms with Gasteiger partial charge in [0.15, 0.2) is 5.82 Å². The molecular weight excluding hydrogens is 412 g/mol. The van der Waals surface area contributed by atoms with Crippen LogP contribution in [-0.2, 0) is 0 Å². The highest BCUT2D eigenvalue weighted by Gasteiger charge is 2.30. The Balaban J connectivity index is 1.91. The normalized spacial score (nSPS) is 17.4. The molecule has 1 saturated carbocycles. The van der Waals surface area contributed by atoms with Gasteiger partial charge in [0, 0.05) is 17.5 Å². The second-order valence-electron chi connectivity index (χ2n) is 7.18. The Bertz CT molecular complexity index is 915. The van der Waals surface area contributed by atoms with Gasteiger partial charge in [-0.15, -0.1) is 0 Å². The number of hydrogen-bond acceptors (Lipinski definition) is 3. The molecule has 0 atom stereocenters. The summed E-state index contributed by atoms with van der Waals surface area (Å²) in [6.07, 6.45) is 16.4. The molecule has 5 heteroatoms. The van der Waals surface area contributed by atoms with Crippen molar-refractivity contribution in [2.45, 2.75) is 45.1 Å². The molecule has 1 heterocycles. The minimum absolute atomic E-state index is 0.200. The van der Waals surface area contributed by atoms with Crippen LogP contribution >= 0.6 is 15.9 Å². The summed E-state index contributed by atoms with van der Waals surface area (Å²) in [5.74, 6) is 0.764. The van der Waals surface area contributed by atoms with Crippen molar-refractivity contribution < 1.29 is 0 Å². The Morgan fingerprint density at radius 3 is 2.71 bits per heavy atom. The average molecular weight is 439 g/mol. The van der Waals surface area contributed by atoms with E-state index in [1.54, 1.807) is 10.9 Å². The number of nitrogens with zero attached hydrogens (tertiary/aromatic N) is 3. The quantitative estimate of drug-likeness (QED) is 0.416. The molecule has 0 spiro atoms. The van der Waals surface area contributed by atoms with Crippen LogP contribution < -0.4 is 5.73 Å². The zero-order valence-corrected chi connectivity index (χ0v) is 18.1. The number of aromatic nitrogens is 2. The van der Waals surface area contributed by atoms with Gasteiger partial charge in [-0.05, 0) is 65.7 Å². The Morgan fingerprint density at radius 1 is 1.32 bits per heavy atom. The summed E-state index contributed by atoms with van der Waals surface area (Å²) in [4.78, 5) is 4.87. The highest BCUT2D eigenvalue weighted by Crippen LogP contribution is 2.32. The fourth-order valence-electron chi connectivity index (χ4n) is 3.05. The Labute approximate surface area is 175 Å². The molecule has 4 nitrogen and oxygen atoms in total. The third kappa shape index (κ3) is 5.18. The molecule has 2 aromatic rings. The van der Waals surface area contributed by atoms with Gasteiger partial charge < -0.3 is 5.73 Å². The Morgan fingerprint density at radius 2 is 2.07 bits per heavy atom. The molecule has 146 valence electrons. The molecule has 1 aromatic carbocycles. The summed E-state index contributed by atoms with van der Waals surface area (Å²) < 4.78 is 2.64. The molecule has 0 radical (unpaired) electrons. The molecule has 1 aliphatic carbocycles. The smallest absolute Gasteiger partial charge is 0.169 e. The second-order valence-corrected chi connectivity index (χ2v) is 8.04. The molecule has 1 aromatic heterocycles. The zero-order chi connectivity index (χ0) is 20.0. The highest BCUT2D eigenvalue weighted by atomic mass is 79.9. The van der Waals surface area contributed by atoms with Crippen LogP contribution in [0.4, 0.5) is 5.82 Å². The lowest BCUT2D eigenvalue weighted by Gasteiger charge is -2.35. The summed E-state index contributed by atoms with van der Waals surface area (Å²) in [7, 11) is 0. The van der Waals surface area contributed by atoms with E-state index < -0.39 is 0 Å². The van der Waals surface area contributed by atoms with E-state index in [1.807, 2.05) is 37.4 Å². The topological polar surface area (TPSA) is 56.2 Å². The third-order valence-corrected chi connectivity index (χ3v) is 5.45. The number of rotatable bonds is 7. The first kappa shape index (κ1) is 20.5. The van der Waals surface area contributed by atoms with E-state index in [9.17, 15) is 0 Å². The molecule has 2 N–H and O–H groups in total. The number of hydrogen-bond donors (Lipinski definition) is 1. The average Bonchev–Trinajstić information content (AvgIpc) is 3.02. The van der Waals surface area contributed by atoms with E-state index in [0.29, 0.717) is 0 Å². The van der Waals surface area contributed by atoms with E-state index in [-0.39, 0.29) is 5.54 Å². The van der Waals surface area contributed by atoms with Gasteiger partial charge in [-0.2, -0.15) is 5.10 Å². The minimum atomic E-state index is -0.200. The number of nitrogens with two attached hydrogens (primary N) is 1. The summed E-state index contributed by atoms with van der Waals surface area (Å²) in [6, 6.07) is 10.1. The van der Waals surface area contributed by atoms with E-state index >= 15 is 0 Å². The van der Waals surface area contributed by atoms with E-state index in [4.69, 9.17) is 10.7 Å². The molecule has 0 saturated heterocycles. The third-order valence-electron chi connectivity index (χ3n) is 4.89. The molecule has 1 fully saturated rings. The second kappa shape index (κ2) is 9.30. The van der Waals surface area contributed by atoms with Crippen molar-refractivity contribution in [3.8, 4) is 0 Å². The number of aliphatic imine (C=N–C) groups is 1. The first-order valence-corrected chi connectivity index (χ1v) is 10.5. The molecule has 0 amide bonds. The fourth-order valence-corrected chi connectivity index (χ4v) is 3.41. The number of allylic oxidation sites excluding steroid dienone is 3. The molecule has 0 bridgehead atoms. The molecular formula is C23H27BrN4. The van der Waals surface area contributed by atoms with Crippen LogP contribution in [0, 0.1) is 0 Å². The summed E-state index contributed by atoms with van der Waals surface area (Å²) >= 11 is 3.57. The first-order chi connectivity index (χ1) is 13.5. The van der Waals surface area contributed by atoms with E-state index in [2.05, 4.69) is 58.3 Å². The lowest BCUT2D eigenvalue weighted by molar-refractivity contribution is 0.316. The standard InChI is InChI=1S/C23H27BrN4/c1-3-4-11-20(16-23(25)13-8-14-23)18(2)27-22-21(24)17-26-28(22)15-12-19-9-6-5-7-10-19/h4-7,9-12,15-17H,3,8,13-14,25H2,1-2H3/b11-4-,15-12+,20-16+,27-18+. The van der Waals surface area contributed by atoms with Crippen molar-refractivity contribution in [2.75, 3.05) is 0 Å². The van der Waals surface area contributed by atoms with Crippen molar-refractivity contribution in [3.05, 3.63) is 70.4 Å². The van der Waals surface area contributed by atoms with Gasteiger partial charge in [0.25, 0.3) is 0 Å². The first-order valence-electron chi connectivity index (χ1n) is 9.71. The predicted molar refractivity (Wildman–Crippen MR) is 123 cm³/mol. The van der Waals surface area contributed by atoms with Gasteiger partial charge in [-0.1, -0.05) is 55.5 Å². The number of halogens is 1. The largest absolute Gasteiger partial charge is 0.322 e. The lowest BCUT2D eigenvalue weighted by atomic mass is 9.76. The van der Waals surface area contributed by atoms with Gasteiger partial charge in [-0.25, -0.2) is 9.67 Å². The van der Waals surface area contributed by atoms with Crippen LogP contribution in [0.15, 0.2) is 69.8 Å². The monoisotopic (exact) mass is 438 g/mol. The van der Waals surface area contributed by atoms with Crippen LogP contribution in [-0.4, -0.2) is 21.0 Å². The zero-order valence-electron chi connectivity index (χ0n) is 16.5. The van der Waals surface area contributed by atoms with Gasteiger partial charge in [0.05, 0.1) is 10.7 Å². The van der Waals surface area contributed by atoms with Gasteiger partial charge in [0.2, 0.25) is 0 Å². The van der Waals surface area contributed by atoms with Crippen molar-refractivity contribution in [2.24, 2.45) is 10.7 Å². The fraction of sp³-hybridized carbons (Fsp3) is 0.304.